The minimum Gasteiger partial charge on any atom is -0.465 e. The van der Waals surface area contributed by atoms with Crippen LogP contribution in [0.1, 0.15) is 22.8 Å². The molecule has 1 heterocycles. The number of nitrogens with one attached hydrogen (secondary N) is 1. The number of aryl methyl sites for hydroxylation is 1. The number of amides is 2. The summed E-state index contributed by atoms with van der Waals surface area (Å²) < 4.78 is 4.72. The molecule has 2 aromatic rings. The van der Waals surface area contributed by atoms with E-state index < -0.39 is 0 Å². The molecule has 2 amide bonds. The van der Waals surface area contributed by atoms with Gasteiger partial charge in [-0.25, -0.2) is 9.59 Å². The van der Waals surface area contributed by atoms with Crippen LogP contribution in [0.5, 0.6) is 0 Å². The predicted molar refractivity (Wildman–Crippen MR) is 106 cm³/mol. The van der Waals surface area contributed by atoms with Gasteiger partial charge in [-0.2, -0.15) is 0 Å². The van der Waals surface area contributed by atoms with E-state index in [9.17, 15) is 9.59 Å². The Morgan fingerprint density at radius 2 is 1.67 bits per heavy atom. The third-order valence-corrected chi connectivity index (χ3v) is 4.86. The highest BCUT2D eigenvalue weighted by molar-refractivity contribution is 5.90. The van der Waals surface area contributed by atoms with Gasteiger partial charge in [-0.1, -0.05) is 25.1 Å². The summed E-state index contributed by atoms with van der Waals surface area (Å²) in [5.74, 6) is -0.338. The second-order valence-corrected chi connectivity index (χ2v) is 6.45. The molecule has 0 atom stereocenters. The van der Waals surface area contributed by atoms with Gasteiger partial charge in [0.1, 0.15) is 0 Å². The number of para-hydroxylation sites is 1. The molecule has 1 fully saturated rings. The number of esters is 1. The minimum absolute atomic E-state index is 0.0587. The number of carbonyl (C=O) groups excluding carboxylic acids is 2. The Labute approximate surface area is 159 Å². The highest BCUT2D eigenvalue weighted by Crippen LogP contribution is 2.19. The monoisotopic (exact) mass is 367 g/mol. The normalized spacial score (nSPS) is 14.0. The molecule has 142 valence electrons. The van der Waals surface area contributed by atoms with E-state index in [-0.39, 0.29) is 12.0 Å². The molecule has 2 aromatic carbocycles. The van der Waals surface area contributed by atoms with Crippen molar-refractivity contribution in [3.8, 4) is 0 Å². The second-order valence-electron chi connectivity index (χ2n) is 6.45. The fraction of sp³-hybridized carbons (Fsp3) is 0.333. The Kier molecular flexibility index (Phi) is 5.96. The minimum atomic E-state index is -0.338. The average Bonchev–Trinajstić information content (AvgIpc) is 2.73. The molecule has 0 bridgehead atoms. The summed E-state index contributed by atoms with van der Waals surface area (Å²) in [6.07, 6.45) is 0.881. The van der Waals surface area contributed by atoms with Crippen molar-refractivity contribution in [1.29, 1.82) is 0 Å². The number of benzene rings is 2. The Bertz CT molecular complexity index is 797. The first kappa shape index (κ1) is 18.8. The fourth-order valence-electron chi connectivity index (χ4n) is 3.24. The first-order chi connectivity index (χ1) is 13.1. The molecule has 1 aliphatic rings. The summed E-state index contributed by atoms with van der Waals surface area (Å²) in [7, 11) is 1.37. The number of hydrogen-bond acceptors (Lipinski definition) is 4. The van der Waals surface area contributed by atoms with Crippen molar-refractivity contribution in [2.75, 3.05) is 43.5 Å². The van der Waals surface area contributed by atoms with Crippen molar-refractivity contribution in [2.24, 2.45) is 0 Å². The highest BCUT2D eigenvalue weighted by Gasteiger charge is 2.22. The van der Waals surface area contributed by atoms with Gasteiger partial charge in [-0.05, 0) is 42.3 Å². The van der Waals surface area contributed by atoms with Crippen LogP contribution in [0, 0.1) is 0 Å². The molecule has 1 aliphatic heterocycles. The van der Waals surface area contributed by atoms with Crippen molar-refractivity contribution in [1.82, 2.24) is 4.90 Å². The number of methoxy groups -OCH3 is 1. The standard InChI is InChI=1S/C21H25N3O3/c1-3-16-6-4-5-7-19(16)22-21(26)24-14-12-23(13-15-24)18-10-8-17(9-11-18)20(25)27-2/h4-11H,3,12-15H2,1-2H3,(H,22,26). The van der Waals surface area contributed by atoms with Gasteiger partial charge >= 0.3 is 12.0 Å². The molecule has 1 saturated heterocycles. The van der Waals surface area contributed by atoms with Gasteiger partial charge in [-0.3, -0.25) is 0 Å². The maximum absolute atomic E-state index is 12.6. The summed E-state index contributed by atoms with van der Waals surface area (Å²) >= 11 is 0. The summed E-state index contributed by atoms with van der Waals surface area (Å²) in [5, 5.41) is 3.03. The van der Waals surface area contributed by atoms with E-state index in [1.54, 1.807) is 12.1 Å². The lowest BCUT2D eigenvalue weighted by molar-refractivity contribution is 0.0600. The number of carbonyl (C=O) groups is 2. The molecule has 0 saturated carbocycles. The summed E-state index contributed by atoms with van der Waals surface area (Å²) in [4.78, 5) is 28.2. The Morgan fingerprint density at radius 3 is 2.30 bits per heavy atom. The van der Waals surface area contributed by atoms with Crippen LogP contribution in [0.4, 0.5) is 16.2 Å². The van der Waals surface area contributed by atoms with E-state index in [0.717, 1.165) is 36.4 Å². The maximum Gasteiger partial charge on any atom is 0.337 e. The van der Waals surface area contributed by atoms with Gasteiger partial charge < -0.3 is 19.9 Å². The molecular weight excluding hydrogens is 342 g/mol. The van der Waals surface area contributed by atoms with Crippen LogP contribution in [-0.2, 0) is 11.2 Å². The molecule has 6 heteroatoms. The van der Waals surface area contributed by atoms with Crippen molar-refractivity contribution in [3.05, 3.63) is 59.7 Å². The lowest BCUT2D eigenvalue weighted by atomic mass is 10.1. The topological polar surface area (TPSA) is 61.9 Å². The summed E-state index contributed by atoms with van der Waals surface area (Å²) in [5.41, 5.74) is 3.59. The first-order valence-corrected chi connectivity index (χ1v) is 9.19. The fourth-order valence-corrected chi connectivity index (χ4v) is 3.24. The molecular formula is C21H25N3O3. The number of urea groups is 1. The smallest absolute Gasteiger partial charge is 0.337 e. The number of anilines is 2. The van der Waals surface area contributed by atoms with Gasteiger partial charge in [0.05, 0.1) is 12.7 Å². The number of piperazine rings is 1. The van der Waals surface area contributed by atoms with E-state index in [1.165, 1.54) is 7.11 Å². The third-order valence-electron chi connectivity index (χ3n) is 4.86. The van der Waals surface area contributed by atoms with Crippen LogP contribution in [0.2, 0.25) is 0 Å². The van der Waals surface area contributed by atoms with Crippen molar-refractivity contribution in [3.63, 3.8) is 0 Å². The van der Waals surface area contributed by atoms with Gasteiger partial charge in [0, 0.05) is 37.6 Å². The SMILES string of the molecule is CCc1ccccc1NC(=O)N1CCN(c2ccc(C(=O)OC)cc2)CC1. The van der Waals surface area contributed by atoms with Crippen molar-refractivity contribution < 1.29 is 14.3 Å². The van der Waals surface area contributed by atoms with Crippen LogP contribution in [0.3, 0.4) is 0 Å². The van der Waals surface area contributed by atoms with E-state index >= 15 is 0 Å². The summed E-state index contributed by atoms with van der Waals surface area (Å²) in [6.45, 7) is 4.88. The molecule has 0 aromatic heterocycles. The third kappa shape index (κ3) is 4.39. The lowest BCUT2D eigenvalue weighted by Crippen LogP contribution is -2.50. The Morgan fingerprint density at radius 1 is 1.00 bits per heavy atom. The first-order valence-electron chi connectivity index (χ1n) is 9.19. The van der Waals surface area contributed by atoms with E-state index in [1.807, 2.05) is 41.3 Å². The van der Waals surface area contributed by atoms with E-state index in [2.05, 4.69) is 17.1 Å². The number of rotatable bonds is 4. The molecule has 1 N–H and O–H groups in total. The Hall–Kier alpha value is -3.02. The van der Waals surface area contributed by atoms with Crippen molar-refractivity contribution >= 4 is 23.4 Å². The summed E-state index contributed by atoms with van der Waals surface area (Å²) in [6, 6.07) is 15.2. The van der Waals surface area contributed by atoms with E-state index in [0.29, 0.717) is 18.7 Å². The van der Waals surface area contributed by atoms with Crippen molar-refractivity contribution in [2.45, 2.75) is 13.3 Å². The van der Waals surface area contributed by atoms with Crippen LogP contribution < -0.4 is 10.2 Å². The van der Waals surface area contributed by atoms with Gasteiger partial charge in [0.15, 0.2) is 0 Å². The van der Waals surface area contributed by atoms with Gasteiger partial charge in [0.2, 0.25) is 0 Å². The van der Waals surface area contributed by atoms with Crippen LogP contribution in [0.15, 0.2) is 48.5 Å². The van der Waals surface area contributed by atoms with E-state index in [4.69, 9.17) is 4.74 Å². The molecule has 27 heavy (non-hydrogen) atoms. The lowest BCUT2D eigenvalue weighted by Gasteiger charge is -2.36. The Balaban J connectivity index is 1.57. The number of hydrogen-bond donors (Lipinski definition) is 1. The van der Waals surface area contributed by atoms with Gasteiger partial charge in [-0.15, -0.1) is 0 Å². The molecule has 0 spiro atoms. The molecule has 0 aliphatic carbocycles. The highest BCUT2D eigenvalue weighted by atomic mass is 16.5. The zero-order valence-corrected chi connectivity index (χ0v) is 15.8. The largest absolute Gasteiger partial charge is 0.465 e. The predicted octanol–water partition coefficient (Wildman–Crippen LogP) is 3.39. The van der Waals surface area contributed by atoms with Gasteiger partial charge in [0.25, 0.3) is 0 Å². The molecule has 0 radical (unpaired) electrons. The molecule has 3 rings (SSSR count). The van der Waals surface area contributed by atoms with Crippen LogP contribution in [0.25, 0.3) is 0 Å². The second kappa shape index (κ2) is 8.58. The number of nitrogens with zero attached hydrogens (tertiary/aromatic N) is 2. The van der Waals surface area contributed by atoms with Crippen LogP contribution in [-0.4, -0.2) is 50.2 Å². The zero-order valence-electron chi connectivity index (χ0n) is 15.8. The molecule has 6 nitrogen and oxygen atoms in total. The quantitative estimate of drug-likeness (QED) is 0.842. The average molecular weight is 367 g/mol. The maximum atomic E-state index is 12.6. The molecule has 0 unspecified atom stereocenters. The van der Waals surface area contributed by atoms with Crippen LogP contribution >= 0.6 is 0 Å². The number of ether oxygens (including phenoxy) is 1. The zero-order chi connectivity index (χ0) is 19.2.